The van der Waals surface area contributed by atoms with Crippen molar-refractivity contribution in [3.8, 4) is 0 Å². The second-order valence-electron chi connectivity index (χ2n) is 6.33. The predicted octanol–water partition coefficient (Wildman–Crippen LogP) is 5.75. The quantitative estimate of drug-likeness (QED) is 0.385. The Morgan fingerprint density at radius 1 is 0.750 bits per heavy atom. The van der Waals surface area contributed by atoms with E-state index < -0.39 is 0 Å². The Labute approximate surface area is 169 Å². The summed E-state index contributed by atoms with van der Waals surface area (Å²) in [7, 11) is 0. The molecule has 0 aliphatic rings. The molecule has 0 saturated carbocycles. The molecule has 0 unspecified atom stereocenters. The van der Waals surface area contributed by atoms with Crippen LogP contribution < -0.4 is 4.90 Å². The average molecular weight is 402 g/mol. The minimum Gasteiger partial charge on any atom is -0.277 e. The number of amides is 1. The van der Waals surface area contributed by atoms with Gasteiger partial charge in [-0.2, -0.15) is 0 Å². The molecule has 2 heterocycles. The number of benzene rings is 3. The fourth-order valence-corrected chi connectivity index (χ4v) is 4.92. The molecule has 0 aliphatic carbocycles. The monoisotopic (exact) mass is 401 g/mol. The van der Waals surface area contributed by atoms with Crippen molar-refractivity contribution < 1.29 is 4.79 Å². The fraction of sp³-hybridized carbons (Fsp3) is 0.0455. The Balaban J connectivity index is 1.59. The number of fused-ring (bicyclic) bond motifs is 2. The number of rotatable bonds is 4. The Kier molecular flexibility index (Phi) is 4.35. The number of nitrogens with zero attached hydrogens (tertiary/aromatic N) is 3. The number of para-hydroxylation sites is 2. The van der Waals surface area contributed by atoms with Gasteiger partial charge in [-0.15, -0.1) is 11.3 Å². The summed E-state index contributed by atoms with van der Waals surface area (Å²) >= 11 is 2.95. The lowest BCUT2D eigenvalue weighted by atomic mass is 10.2. The zero-order chi connectivity index (χ0) is 18.9. The minimum absolute atomic E-state index is 0.121. The first-order valence-corrected chi connectivity index (χ1v) is 10.5. The van der Waals surface area contributed by atoms with E-state index in [-0.39, 0.29) is 5.91 Å². The highest BCUT2D eigenvalue weighted by Gasteiger charge is 2.24. The predicted molar refractivity (Wildman–Crippen MR) is 116 cm³/mol. The maximum Gasteiger partial charge on any atom is 0.289 e. The van der Waals surface area contributed by atoms with E-state index in [9.17, 15) is 4.79 Å². The largest absolute Gasteiger partial charge is 0.289 e. The lowest BCUT2D eigenvalue weighted by molar-refractivity contribution is 0.0985. The standard InChI is InChI=1S/C22H15N3OS2/c26-21(20-23-16-10-4-6-12-18(16)27-20)25(14-15-8-2-1-3-9-15)22-24-17-11-5-7-13-19(17)28-22/h1-13H,14H2. The Morgan fingerprint density at radius 2 is 1.36 bits per heavy atom. The van der Waals surface area contributed by atoms with Crippen molar-refractivity contribution in [3.05, 3.63) is 89.4 Å². The second-order valence-corrected chi connectivity index (χ2v) is 8.37. The van der Waals surface area contributed by atoms with Gasteiger partial charge in [0, 0.05) is 0 Å². The Bertz CT molecular complexity index is 1210. The van der Waals surface area contributed by atoms with Gasteiger partial charge < -0.3 is 0 Å². The van der Waals surface area contributed by atoms with E-state index in [1.807, 2.05) is 78.9 Å². The van der Waals surface area contributed by atoms with Gasteiger partial charge in [0.1, 0.15) is 0 Å². The van der Waals surface area contributed by atoms with Gasteiger partial charge in [-0.05, 0) is 29.8 Å². The number of anilines is 1. The average Bonchev–Trinajstić information content (AvgIpc) is 3.36. The van der Waals surface area contributed by atoms with Gasteiger partial charge in [0.2, 0.25) is 0 Å². The van der Waals surface area contributed by atoms with E-state index in [0.29, 0.717) is 16.7 Å². The van der Waals surface area contributed by atoms with Crippen LogP contribution in [0.5, 0.6) is 0 Å². The molecule has 0 atom stereocenters. The van der Waals surface area contributed by atoms with Crippen LogP contribution in [0.4, 0.5) is 5.13 Å². The number of hydrogen-bond donors (Lipinski definition) is 0. The first-order valence-electron chi connectivity index (χ1n) is 8.85. The number of thiazole rings is 2. The van der Waals surface area contributed by atoms with Crippen LogP contribution in [0, 0.1) is 0 Å². The summed E-state index contributed by atoms with van der Waals surface area (Å²) in [5.74, 6) is -0.121. The maximum absolute atomic E-state index is 13.4. The third-order valence-corrected chi connectivity index (χ3v) is 6.50. The van der Waals surface area contributed by atoms with Crippen LogP contribution in [0.2, 0.25) is 0 Å². The first-order chi connectivity index (χ1) is 13.8. The zero-order valence-corrected chi connectivity index (χ0v) is 16.4. The molecule has 5 rings (SSSR count). The van der Waals surface area contributed by atoms with E-state index >= 15 is 0 Å². The van der Waals surface area contributed by atoms with Crippen molar-refractivity contribution in [1.29, 1.82) is 0 Å². The Hall–Kier alpha value is -3.09. The highest BCUT2D eigenvalue weighted by molar-refractivity contribution is 7.22. The van der Waals surface area contributed by atoms with Crippen molar-refractivity contribution in [3.63, 3.8) is 0 Å². The van der Waals surface area contributed by atoms with Crippen LogP contribution in [-0.2, 0) is 6.54 Å². The van der Waals surface area contributed by atoms with Gasteiger partial charge in [-0.3, -0.25) is 9.69 Å². The molecule has 0 aliphatic heterocycles. The van der Waals surface area contributed by atoms with Gasteiger partial charge in [0.25, 0.3) is 5.91 Å². The van der Waals surface area contributed by atoms with Crippen LogP contribution in [0.25, 0.3) is 20.4 Å². The van der Waals surface area contributed by atoms with Gasteiger partial charge in [-0.25, -0.2) is 9.97 Å². The summed E-state index contributed by atoms with van der Waals surface area (Å²) in [5, 5.41) is 1.17. The minimum atomic E-state index is -0.121. The molecule has 1 amide bonds. The molecule has 6 heteroatoms. The van der Waals surface area contributed by atoms with Gasteiger partial charge in [0.05, 0.1) is 27.0 Å². The van der Waals surface area contributed by atoms with Crippen molar-refractivity contribution in [2.24, 2.45) is 0 Å². The first kappa shape index (κ1) is 17.0. The van der Waals surface area contributed by atoms with Crippen LogP contribution in [0.1, 0.15) is 15.4 Å². The third-order valence-electron chi connectivity index (χ3n) is 4.42. The van der Waals surface area contributed by atoms with Gasteiger partial charge in [-0.1, -0.05) is 65.9 Å². The third kappa shape index (κ3) is 3.17. The SMILES string of the molecule is O=C(c1nc2ccccc2s1)N(Cc1ccccc1)c1nc2ccccc2s1. The lowest BCUT2D eigenvalue weighted by Gasteiger charge is -2.18. The van der Waals surface area contributed by atoms with E-state index in [1.54, 1.807) is 4.90 Å². The summed E-state index contributed by atoms with van der Waals surface area (Å²) < 4.78 is 2.07. The van der Waals surface area contributed by atoms with Gasteiger partial charge in [0.15, 0.2) is 10.1 Å². The summed E-state index contributed by atoms with van der Waals surface area (Å²) in [6, 6.07) is 25.7. The van der Waals surface area contributed by atoms with Crippen molar-refractivity contribution >= 4 is 54.1 Å². The maximum atomic E-state index is 13.4. The smallest absolute Gasteiger partial charge is 0.277 e. The molecule has 2 aromatic heterocycles. The molecule has 4 nitrogen and oxygen atoms in total. The zero-order valence-electron chi connectivity index (χ0n) is 14.8. The Morgan fingerprint density at radius 3 is 2.04 bits per heavy atom. The number of carbonyl (C=O) groups excluding carboxylic acids is 1. The number of aromatic nitrogens is 2. The topological polar surface area (TPSA) is 46.1 Å². The second kappa shape index (κ2) is 7.14. The van der Waals surface area contributed by atoms with Gasteiger partial charge >= 0.3 is 0 Å². The van der Waals surface area contributed by atoms with Crippen LogP contribution in [0.15, 0.2) is 78.9 Å². The summed E-state index contributed by atoms with van der Waals surface area (Å²) in [6.45, 7) is 0.454. The summed E-state index contributed by atoms with van der Waals surface area (Å²) in [6.07, 6.45) is 0. The molecule has 0 spiro atoms. The molecule has 0 N–H and O–H groups in total. The molecule has 0 saturated heterocycles. The molecule has 5 aromatic rings. The van der Waals surface area contributed by atoms with Crippen molar-refractivity contribution in [2.75, 3.05) is 4.90 Å². The normalized spacial score (nSPS) is 11.1. The highest BCUT2D eigenvalue weighted by atomic mass is 32.1. The fourth-order valence-electron chi connectivity index (χ4n) is 3.05. The molecule has 136 valence electrons. The molecule has 3 aromatic carbocycles. The molecular formula is C22H15N3OS2. The molecule has 0 radical (unpaired) electrons. The van der Waals surface area contributed by atoms with Crippen LogP contribution in [0.3, 0.4) is 0 Å². The number of hydrogen-bond acceptors (Lipinski definition) is 5. The number of carbonyl (C=O) groups is 1. The van der Waals surface area contributed by atoms with Crippen molar-refractivity contribution in [2.45, 2.75) is 6.54 Å². The molecule has 0 bridgehead atoms. The highest BCUT2D eigenvalue weighted by Crippen LogP contribution is 2.32. The molecule has 28 heavy (non-hydrogen) atoms. The molecular weight excluding hydrogens is 386 g/mol. The molecule has 0 fully saturated rings. The lowest BCUT2D eigenvalue weighted by Crippen LogP contribution is -2.30. The van der Waals surface area contributed by atoms with Crippen LogP contribution in [-0.4, -0.2) is 15.9 Å². The van der Waals surface area contributed by atoms with Crippen molar-refractivity contribution in [1.82, 2.24) is 9.97 Å². The van der Waals surface area contributed by atoms with E-state index in [4.69, 9.17) is 4.98 Å². The van der Waals surface area contributed by atoms with E-state index in [0.717, 1.165) is 26.0 Å². The van der Waals surface area contributed by atoms with E-state index in [1.165, 1.54) is 22.7 Å². The summed E-state index contributed by atoms with van der Waals surface area (Å²) in [5.41, 5.74) is 2.80. The van der Waals surface area contributed by atoms with Crippen LogP contribution >= 0.6 is 22.7 Å². The van der Waals surface area contributed by atoms with E-state index in [2.05, 4.69) is 4.98 Å². The summed E-state index contributed by atoms with van der Waals surface area (Å²) in [4.78, 5) is 24.4.